The van der Waals surface area contributed by atoms with Crippen LogP contribution in [0.4, 0.5) is 5.82 Å². The van der Waals surface area contributed by atoms with Crippen molar-refractivity contribution >= 4 is 27.3 Å². The molecule has 1 atom stereocenters. The molecule has 6 nitrogen and oxygen atoms in total. The van der Waals surface area contributed by atoms with Crippen molar-refractivity contribution in [3.8, 4) is 0 Å². The van der Waals surface area contributed by atoms with Crippen LogP contribution >= 0.6 is 11.6 Å². The summed E-state index contributed by atoms with van der Waals surface area (Å²) in [7, 11) is -3.21. The van der Waals surface area contributed by atoms with Crippen molar-refractivity contribution in [1.82, 2.24) is 9.97 Å². The monoisotopic (exact) mass is 373 g/mol. The fourth-order valence-electron chi connectivity index (χ4n) is 3.49. The van der Waals surface area contributed by atoms with Gasteiger partial charge in [-0.1, -0.05) is 19.3 Å². The summed E-state index contributed by atoms with van der Waals surface area (Å²) in [4.78, 5) is 10.5. The molecular formula is C16H24ClN3O3S. The molecule has 0 unspecified atom stereocenters. The second-order valence-corrected chi connectivity index (χ2v) is 9.29. The highest BCUT2D eigenvalue weighted by Crippen LogP contribution is 2.27. The van der Waals surface area contributed by atoms with Crippen molar-refractivity contribution in [3.63, 3.8) is 0 Å². The van der Waals surface area contributed by atoms with Crippen LogP contribution in [0.3, 0.4) is 0 Å². The molecule has 1 aliphatic carbocycles. The summed E-state index contributed by atoms with van der Waals surface area (Å²) in [5.74, 6) is 0.616. The molecule has 2 heterocycles. The number of morpholine rings is 1. The maximum atomic E-state index is 12.7. The molecule has 0 N–H and O–H groups in total. The van der Waals surface area contributed by atoms with Crippen LogP contribution in [-0.4, -0.2) is 49.4 Å². The van der Waals surface area contributed by atoms with Gasteiger partial charge in [-0.25, -0.2) is 18.4 Å². The maximum absolute atomic E-state index is 12.7. The number of halogens is 1. The standard InChI is InChI=1S/C16H24ClN3O3S/c1-12-10-23-8-7-20(12)15-9-13(18-16(17)19-15)11-24(21,22)14-5-3-2-4-6-14/h9,12,14H,2-8,10-11H2,1H3/t12-/m0/s1. The summed E-state index contributed by atoms with van der Waals surface area (Å²) in [6.45, 7) is 4.01. The zero-order valence-corrected chi connectivity index (χ0v) is 15.5. The van der Waals surface area contributed by atoms with Gasteiger partial charge in [-0.05, 0) is 31.4 Å². The molecule has 0 amide bonds. The first-order chi connectivity index (χ1) is 11.5. The number of nitrogens with zero attached hydrogens (tertiary/aromatic N) is 3. The van der Waals surface area contributed by atoms with Gasteiger partial charge in [0.05, 0.1) is 36.0 Å². The van der Waals surface area contributed by atoms with Crippen molar-refractivity contribution in [2.45, 2.75) is 56.1 Å². The molecule has 8 heteroatoms. The first-order valence-corrected chi connectivity index (χ1v) is 10.6. The lowest BCUT2D eigenvalue weighted by Crippen LogP contribution is -2.44. The fraction of sp³-hybridized carbons (Fsp3) is 0.750. The Morgan fingerprint density at radius 1 is 1.29 bits per heavy atom. The van der Waals surface area contributed by atoms with Crippen LogP contribution in [0.25, 0.3) is 0 Å². The molecule has 3 rings (SSSR count). The minimum atomic E-state index is -3.21. The third kappa shape index (κ3) is 4.18. The molecule has 1 aromatic heterocycles. The number of ether oxygens (including phenoxy) is 1. The van der Waals surface area contributed by atoms with E-state index in [1.807, 2.05) is 6.92 Å². The van der Waals surface area contributed by atoms with Crippen molar-refractivity contribution in [3.05, 3.63) is 17.0 Å². The lowest BCUT2D eigenvalue weighted by atomic mass is 10.0. The molecule has 0 aromatic carbocycles. The minimum Gasteiger partial charge on any atom is -0.377 e. The predicted molar refractivity (Wildman–Crippen MR) is 94.2 cm³/mol. The molecular weight excluding hydrogens is 350 g/mol. The quantitative estimate of drug-likeness (QED) is 0.755. The summed E-state index contributed by atoms with van der Waals surface area (Å²) < 4.78 is 30.8. The van der Waals surface area contributed by atoms with Crippen molar-refractivity contribution in [1.29, 1.82) is 0 Å². The number of anilines is 1. The van der Waals surface area contributed by atoms with E-state index in [4.69, 9.17) is 16.3 Å². The van der Waals surface area contributed by atoms with Crippen LogP contribution < -0.4 is 4.90 Å². The van der Waals surface area contributed by atoms with Gasteiger partial charge in [-0.2, -0.15) is 0 Å². The van der Waals surface area contributed by atoms with Gasteiger partial charge in [-0.15, -0.1) is 0 Å². The number of rotatable bonds is 4. The van der Waals surface area contributed by atoms with Gasteiger partial charge >= 0.3 is 0 Å². The van der Waals surface area contributed by atoms with E-state index in [2.05, 4.69) is 14.9 Å². The van der Waals surface area contributed by atoms with E-state index in [1.165, 1.54) is 0 Å². The Balaban J connectivity index is 1.80. The van der Waals surface area contributed by atoms with E-state index in [1.54, 1.807) is 6.07 Å². The van der Waals surface area contributed by atoms with E-state index in [0.29, 0.717) is 31.3 Å². The normalized spacial score (nSPS) is 23.4. The van der Waals surface area contributed by atoms with E-state index < -0.39 is 9.84 Å². The van der Waals surface area contributed by atoms with Crippen molar-refractivity contribution in [2.75, 3.05) is 24.7 Å². The molecule has 24 heavy (non-hydrogen) atoms. The van der Waals surface area contributed by atoms with Crippen molar-refractivity contribution < 1.29 is 13.2 Å². The average molecular weight is 374 g/mol. The van der Waals surface area contributed by atoms with Crippen LogP contribution in [0.5, 0.6) is 0 Å². The Bertz CT molecular complexity index is 677. The molecule has 1 saturated carbocycles. The number of hydrogen-bond donors (Lipinski definition) is 0. The molecule has 1 saturated heterocycles. The Morgan fingerprint density at radius 3 is 2.75 bits per heavy atom. The summed E-state index contributed by atoms with van der Waals surface area (Å²) in [5.41, 5.74) is 0.481. The number of aromatic nitrogens is 2. The van der Waals surface area contributed by atoms with Crippen LogP contribution in [0.15, 0.2) is 6.07 Å². The van der Waals surface area contributed by atoms with Gasteiger partial charge in [-0.3, -0.25) is 0 Å². The highest BCUT2D eigenvalue weighted by Gasteiger charge is 2.29. The van der Waals surface area contributed by atoms with E-state index in [-0.39, 0.29) is 22.3 Å². The highest BCUT2D eigenvalue weighted by atomic mass is 35.5. The topological polar surface area (TPSA) is 72.4 Å². The van der Waals surface area contributed by atoms with Crippen LogP contribution in [-0.2, 0) is 20.3 Å². The Kier molecular flexibility index (Phi) is 5.62. The Hall–Kier alpha value is -0.920. The Morgan fingerprint density at radius 2 is 2.04 bits per heavy atom. The largest absolute Gasteiger partial charge is 0.377 e. The third-order valence-electron chi connectivity index (χ3n) is 4.81. The van der Waals surface area contributed by atoms with Gasteiger partial charge in [0.25, 0.3) is 0 Å². The van der Waals surface area contributed by atoms with E-state index >= 15 is 0 Å². The summed E-state index contributed by atoms with van der Waals surface area (Å²) in [5, 5.41) is -0.147. The summed E-state index contributed by atoms with van der Waals surface area (Å²) in [6, 6.07) is 1.93. The highest BCUT2D eigenvalue weighted by molar-refractivity contribution is 7.91. The van der Waals surface area contributed by atoms with Crippen molar-refractivity contribution in [2.24, 2.45) is 0 Å². The molecule has 2 aliphatic rings. The maximum Gasteiger partial charge on any atom is 0.224 e. The van der Waals surface area contributed by atoms with Crippen LogP contribution in [0.2, 0.25) is 5.28 Å². The summed E-state index contributed by atoms with van der Waals surface area (Å²) in [6.07, 6.45) is 4.63. The number of hydrogen-bond acceptors (Lipinski definition) is 6. The van der Waals surface area contributed by atoms with Gasteiger partial charge in [0.1, 0.15) is 5.82 Å². The van der Waals surface area contributed by atoms with Gasteiger partial charge in [0, 0.05) is 12.6 Å². The molecule has 134 valence electrons. The predicted octanol–water partition coefficient (Wildman–Crippen LogP) is 2.60. The molecule has 1 aromatic rings. The minimum absolute atomic E-state index is 0.0639. The molecule has 0 radical (unpaired) electrons. The second-order valence-electron chi connectivity index (χ2n) is 6.67. The van der Waals surface area contributed by atoms with Crippen LogP contribution in [0, 0.1) is 0 Å². The van der Waals surface area contributed by atoms with E-state index in [9.17, 15) is 8.42 Å². The summed E-state index contributed by atoms with van der Waals surface area (Å²) >= 11 is 6.06. The smallest absolute Gasteiger partial charge is 0.224 e. The Labute approximate surface area is 148 Å². The van der Waals surface area contributed by atoms with Gasteiger partial charge in [0.2, 0.25) is 5.28 Å². The van der Waals surface area contributed by atoms with E-state index in [0.717, 1.165) is 32.1 Å². The zero-order valence-electron chi connectivity index (χ0n) is 13.9. The average Bonchev–Trinajstić information content (AvgIpc) is 2.55. The van der Waals surface area contributed by atoms with Crippen LogP contribution in [0.1, 0.15) is 44.7 Å². The van der Waals surface area contributed by atoms with Gasteiger partial charge in [0.15, 0.2) is 9.84 Å². The van der Waals surface area contributed by atoms with Gasteiger partial charge < -0.3 is 9.64 Å². The first-order valence-electron chi connectivity index (χ1n) is 8.55. The second kappa shape index (κ2) is 7.54. The zero-order chi connectivity index (χ0) is 17.2. The fourth-order valence-corrected chi connectivity index (χ4v) is 5.53. The number of sulfone groups is 1. The third-order valence-corrected chi connectivity index (χ3v) is 7.16. The lowest BCUT2D eigenvalue weighted by molar-refractivity contribution is 0.0985. The molecule has 0 bridgehead atoms. The molecule has 2 fully saturated rings. The molecule has 1 aliphatic heterocycles. The first kappa shape index (κ1) is 17.9. The SMILES string of the molecule is C[C@H]1COCCN1c1cc(CS(=O)(=O)C2CCCCC2)nc(Cl)n1. The lowest BCUT2D eigenvalue weighted by Gasteiger charge is -2.34. The molecule has 0 spiro atoms.